The van der Waals surface area contributed by atoms with Crippen LogP contribution in [0.5, 0.6) is 0 Å². The minimum atomic E-state index is -0.0881. The normalized spacial score (nSPS) is 23.0. The van der Waals surface area contributed by atoms with Crippen LogP contribution >= 0.6 is 0 Å². The Labute approximate surface area is 361 Å². The van der Waals surface area contributed by atoms with Gasteiger partial charge in [0.05, 0.1) is 24.6 Å². The Morgan fingerprint density at radius 1 is 0.717 bits per heavy atom. The highest BCUT2D eigenvalue weighted by atomic mass is 16.5. The van der Waals surface area contributed by atoms with E-state index in [-0.39, 0.29) is 16.7 Å². The van der Waals surface area contributed by atoms with E-state index in [0.717, 1.165) is 144 Å². The molecule has 14 nitrogen and oxygen atoms in total. The van der Waals surface area contributed by atoms with Gasteiger partial charge in [0.25, 0.3) is 0 Å². The molecule has 2 saturated carbocycles. The van der Waals surface area contributed by atoms with Gasteiger partial charge in [-0.1, -0.05) is 41.5 Å². The average Bonchev–Trinajstić information content (AvgIpc) is 3.87. The van der Waals surface area contributed by atoms with Crippen LogP contribution < -0.4 is 20.4 Å². The minimum Gasteiger partial charge on any atom is -0.378 e. The average molecular weight is 835 g/mol. The van der Waals surface area contributed by atoms with Crippen LogP contribution in [0.1, 0.15) is 130 Å². The molecule has 0 aromatic carbocycles. The Balaban J connectivity index is 0.000000228. The first-order chi connectivity index (χ1) is 28.6. The predicted molar refractivity (Wildman–Crippen MR) is 239 cm³/mol. The van der Waals surface area contributed by atoms with Crippen LogP contribution in [0, 0.1) is 11.8 Å². The molecule has 2 aliphatic heterocycles. The number of nitrogens with one attached hydrogen (secondary N) is 2. The van der Waals surface area contributed by atoms with Gasteiger partial charge in [-0.3, -0.25) is 19.4 Å². The molecule has 4 atom stereocenters. The largest absolute Gasteiger partial charge is 0.378 e. The lowest BCUT2D eigenvalue weighted by atomic mass is 9.95. The summed E-state index contributed by atoms with van der Waals surface area (Å²) in [6.07, 6.45) is 10.3. The molecular formula is C46H78N10O4. The topological polar surface area (TPSA) is 141 Å². The van der Waals surface area contributed by atoms with Gasteiger partial charge >= 0.3 is 0 Å². The van der Waals surface area contributed by atoms with Crippen molar-refractivity contribution in [1.29, 1.82) is 0 Å². The van der Waals surface area contributed by atoms with Crippen molar-refractivity contribution in [2.75, 3.05) is 89.0 Å². The Hall–Kier alpha value is -3.46. The molecule has 6 rings (SSSR count). The summed E-state index contributed by atoms with van der Waals surface area (Å²) in [6, 6.07) is 4.96. The predicted octanol–water partition coefficient (Wildman–Crippen LogP) is 5.47. The van der Waals surface area contributed by atoms with Crippen molar-refractivity contribution in [2.24, 2.45) is 11.8 Å². The second-order valence-electron chi connectivity index (χ2n) is 19.6. The van der Waals surface area contributed by atoms with E-state index in [2.05, 4.69) is 83.9 Å². The second kappa shape index (κ2) is 22.6. The molecule has 2 aliphatic carbocycles. The standard InChI is InChI=1S/C24H41N5O2.C22H37N5O2/c1-6-31-17-21-16-22(27-23(26-21)24(3,4)5)29-13-11-28(12-14-29)10-9-19-7-8-20(15-19)25-18(2)30;1-22(2,3)21-24-19(15-29-4)14-20(25-21)27-11-9-26(10-12-27)8-7-17-5-6-18(13-17)23-16-28/h16,19-20H,6-15,17H2,1-5H3,(H,25,30);14,16-18H,5-13,15H2,1-4H3,(H,23,28). The number of ether oxygens (including phenoxy) is 2. The number of piperazine rings is 2. The quantitative estimate of drug-likeness (QED) is 0.207. The molecule has 2 saturated heterocycles. The maximum absolute atomic E-state index is 11.3. The number of hydrogen-bond donors (Lipinski definition) is 2. The summed E-state index contributed by atoms with van der Waals surface area (Å²) in [6.45, 7) is 28.9. The number of carbonyl (C=O) groups is 2. The van der Waals surface area contributed by atoms with Gasteiger partial charge in [0, 0.05) is 108 Å². The molecule has 2 aromatic heterocycles. The molecule has 4 heterocycles. The SMILES string of the molecule is CCOCc1cc(N2CCN(CCC3CCC(NC(C)=O)C3)CC2)nc(C(C)(C)C)n1.COCc1cc(N2CCN(CCC3CCC(NC=O)C3)CC2)nc(C(C)(C)C)n1. The van der Waals surface area contributed by atoms with Gasteiger partial charge in [-0.25, -0.2) is 19.9 Å². The fourth-order valence-electron chi connectivity index (χ4n) is 8.94. The Bertz CT molecular complexity index is 1630. The highest BCUT2D eigenvalue weighted by Gasteiger charge is 2.29. The molecule has 2 N–H and O–H groups in total. The molecule has 60 heavy (non-hydrogen) atoms. The van der Waals surface area contributed by atoms with E-state index in [9.17, 15) is 9.59 Å². The van der Waals surface area contributed by atoms with E-state index in [1.165, 1.54) is 25.7 Å². The zero-order chi connectivity index (χ0) is 43.3. The summed E-state index contributed by atoms with van der Waals surface area (Å²) in [4.78, 5) is 51.0. The van der Waals surface area contributed by atoms with E-state index < -0.39 is 0 Å². The lowest BCUT2D eigenvalue weighted by molar-refractivity contribution is -0.119. The van der Waals surface area contributed by atoms with Crippen molar-refractivity contribution in [3.63, 3.8) is 0 Å². The molecule has 4 aliphatic rings. The van der Waals surface area contributed by atoms with Gasteiger partial charge in [-0.15, -0.1) is 0 Å². The smallest absolute Gasteiger partial charge is 0.217 e. The molecule has 336 valence electrons. The van der Waals surface area contributed by atoms with Gasteiger partial charge in [0.1, 0.15) is 23.3 Å². The van der Waals surface area contributed by atoms with Crippen molar-refractivity contribution in [1.82, 2.24) is 40.4 Å². The molecule has 0 bridgehead atoms. The van der Waals surface area contributed by atoms with Crippen LogP contribution in [0.25, 0.3) is 0 Å². The van der Waals surface area contributed by atoms with E-state index in [4.69, 9.17) is 29.4 Å². The first-order valence-electron chi connectivity index (χ1n) is 22.9. The van der Waals surface area contributed by atoms with Crippen LogP contribution in [0.3, 0.4) is 0 Å². The number of aromatic nitrogens is 4. The first-order valence-corrected chi connectivity index (χ1v) is 22.9. The molecule has 0 radical (unpaired) electrons. The maximum Gasteiger partial charge on any atom is 0.217 e. The monoisotopic (exact) mass is 835 g/mol. The highest BCUT2D eigenvalue weighted by Crippen LogP contribution is 2.30. The summed E-state index contributed by atoms with van der Waals surface area (Å²) in [5, 5.41) is 6.03. The lowest BCUT2D eigenvalue weighted by Gasteiger charge is -2.36. The number of methoxy groups -OCH3 is 1. The zero-order valence-electron chi connectivity index (χ0n) is 38.6. The molecule has 0 spiro atoms. The summed E-state index contributed by atoms with van der Waals surface area (Å²) >= 11 is 0. The number of rotatable bonds is 16. The van der Waals surface area contributed by atoms with E-state index in [1.54, 1.807) is 14.0 Å². The fraction of sp³-hybridized carbons (Fsp3) is 0.783. The number of anilines is 2. The van der Waals surface area contributed by atoms with Gasteiger partial charge in [0.2, 0.25) is 12.3 Å². The molecule has 2 aromatic rings. The first kappa shape index (κ1) is 47.6. The van der Waals surface area contributed by atoms with Crippen molar-refractivity contribution >= 4 is 24.0 Å². The van der Waals surface area contributed by atoms with Gasteiger partial charge in [-0.2, -0.15) is 0 Å². The lowest BCUT2D eigenvalue weighted by Crippen LogP contribution is -2.47. The third kappa shape index (κ3) is 14.9. The third-order valence-electron chi connectivity index (χ3n) is 12.5. The van der Waals surface area contributed by atoms with Crippen LogP contribution in [0.4, 0.5) is 11.6 Å². The van der Waals surface area contributed by atoms with E-state index in [1.807, 2.05) is 6.92 Å². The number of amides is 2. The second-order valence-corrected chi connectivity index (χ2v) is 19.6. The summed E-state index contributed by atoms with van der Waals surface area (Å²) in [5.41, 5.74) is 1.74. The third-order valence-corrected chi connectivity index (χ3v) is 12.5. The van der Waals surface area contributed by atoms with Gasteiger partial charge < -0.3 is 29.9 Å². The van der Waals surface area contributed by atoms with Crippen LogP contribution in [0.15, 0.2) is 12.1 Å². The molecule has 2 amide bonds. The summed E-state index contributed by atoms with van der Waals surface area (Å²) in [5.74, 6) is 5.41. The summed E-state index contributed by atoms with van der Waals surface area (Å²) < 4.78 is 10.9. The number of hydrogen-bond acceptors (Lipinski definition) is 12. The van der Waals surface area contributed by atoms with Crippen molar-refractivity contribution in [3.05, 3.63) is 35.2 Å². The van der Waals surface area contributed by atoms with Crippen molar-refractivity contribution < 1.29 is 19.1 Å². The molecule has 14 heteroatoms. The van der Waals surface area contributed by atoms with Crippen LogP contribution in [-0.2, 0) is 43.1 Å². The van der Waals surface area contributed by atoms with Crippen molar-refractivity contribution in [3.8, 4) is 0 Å². The molecule has 4 fully saturated rings. The van der Waals surface area contributed by atoms with Crippen LogP contribution in [-0.4, -0.2) is 133 Å². The van der Waals surface area contributed by atoms with Crippen molar-refractivity contribution in [2.45, 2.75) is 143 Å². The van der Waals surface area contributed by atoms with Gasteiger partial charge in [-0.05, 0) is 83.2 Å². The van der Waals surface area contributed by atoms with Gasteiger partial charge in [0.15, 0.2) is 0 Å². The van der Waals surface area contributed by atoms with E-state index >= 15 is 0 Å². The minimum absolute atomic E-state index is 0.0851. The Morgan fingerprint density at radius 3 is 1.62 bits per heavy atom. The maximum atomic E-state index is 11.3. The molecular weight excluding hydrogens is 757 g/mol. The summed E-state index contributed by atoms with van der Waals surface area (Å²) in [7, 11) is 1.71. The fourth-order valence-corrected chi connectivity index (χ4v) is 8.94. The Morgan fingerprint density at radius 2 is 1.18 bits per heavy atom. The van der Waals surface area contributed by atoms with E-state index in [0.29, 0.717) is 31.9 Å². The van der Waals surface area contributed by atoms with Crippen LogP contribution in [0.2, 0.25) is 0 Å². The number of nitrogens with zero attached hydrogens (tertiary/aromatic N) is 8. The molecule has 4 unspecified atom stereocenters. The number of carbonyl (C=O) groups excluding carboxylic acids is 2. The Kier molecular flexibility index (Phi) is 17.9. The highest BCUT2D eigenvalue weighted by molar-refractivity contribution is 5.73. The zero-order valence-corrected chi connectivity index (χ0v) is 38.6.